The van der Waals surface area contributed by atoms with Crippen LogP contribution in [0.1, 0.15) is 168 Å². The molecule has 0 radical (unpaired) electrons. The minimum Gasteiger partial charge on any atom is -0.462 e. The van der Waals surface area contributed by atoms with Gasteiger partial charge in [0.25, 0.3) is 0 Å². The zero-order chi connectivity index (χ0) is 53.6. The molecule has 0 amide bonds. The summed E-state index contributed by atoms with van der Waals surface area (Å²) in [5.74, 6) is -1.45. The highest BCUT2D eigenvalue weighted by Crippen LogP contribution is 2.60. The zero-order valence-corrected chi connectivity index (χ0v) is 44.8. The van der Waals surface area contributed by atoms with Crippen LogP contribution in [0.5, 0.6) is 0 Å². The van der Waals surface area contributed by atoms with Crippen LogP contribution in [0.4, 0.5) is 5.82 Å². The van der Waals surface area contributed by atoms with Crippen molar-refractivity contribution in [2.24, 2.45) is 0 Å². The van der Waals surface area contributed by atoms with Crippen molar-refractivity contribution in [2.45, 2.75) is 198 Å². The molecule has 2 rings (SSSR count). The van der Waals surface area contributed by atoms with E-state index >= 15 is 0 Å². The van der Waals surface area contributed by atoms with Gasteiger partial charge >= 0.3 is 33.3 Å². The van der Waals surface area contributed by atoms with Crippen LogP contribution >= 0.6 is 15.6 Å². The highest BCUT2D eigenvalue weighted by atomic mass is 31.3. The van der Waals surface area contributed by atoms with Crippen LogP contribution in [0.25, 0.3) is 0 Å². The largest absolute Gasteiger partial charge is 0.481 e. The molecule has 1 aliphatic rings. The van der Waals surface area contributed by atoms with Crippen molar-refractivity contribution in [1.29, 1.82) is 0 Å². The summed E-state index contributed by atoms with van der Waals surface area (Å²) in [5.41, 5.74) is 4.58. The van der Waals surface area contributed by atoms with Gasteiger partial charge in [0.05, 0.1) is 19.3 Å². The lowest BCUT2D eigenvalue weighted by Crippen LogP contribution is -2.36. The van der Waals surface area contributed by atoms with Crippen LogP contribution in [-0.4, -0.2) is 96.9 Å². The smallest absolute Gasteiger partial charge is 0.462 e. The third kappa shape index (κ3) is 32.3. The van der Waals surface area contributed by atoms with Crippen LogP contribution < -0.4 is 11.4 Å². The monoisotopic (exact) mass is 1070 g/mol. The number of ether oxygens (including phenoxy) is 3. The number of allylic oxidation sites excluding steroid dienone is 10. The first-order valence-corrected chi connectivity index (χ1v) is 29.0. The Morgan fingerprint density at radius 3 is 1.92 bits per heavy atom. The molecular weight excluding hydrogens is 985 g/mol. The van der Waals surface area contributed by atoms with E-state index in [9.17, 15) is 48.6 Å². The molecule has 0 saturated carbocycles. The van der Waals surface area contributed by atoms with E-state index in [0.717, 1.165) is 81.4 Å². The molecule has 21 heteroatoms. The fourth-order valence-electron chi connectivity index (χ4n) is 7.24. The lowest BCUT2D eigenvalue weighted by Gasteiger charge is -2.21. The zero-order valence-electron chi connectivity index (χ0n) is 43.0. The van der Waals surface area contributed by atoms with Gasteiger partial charge in [-0.05, 0) is 83.1 Å². The second kappa shape index (κ2) is 39.6. The molecule has 1 aliphatic heterocycles. The van der Waals surface area contributed by atoms with E-state index in [1.807, 2.05) is 18.2 Å². The van der Waals surface area contributed by atoms with E-state index < -0.39 is 89.8 Å². The topological polar surface area (TPSA) is 286 Å². The van der Waals surface area contributed by atoms with Crippen molar-refractivity contribution >= 4 is 33.4 Å². The van der Waals surface area contributed by atoms with Crippen LogP contribution in [0.15, 0.2) is 90.0 Å². The number of hydrogen-bond acceptors (Lipinski definition) is 16. The summed E-state index contributed by atoms with van der Waals surface area (Å²) in [6.45, 7) is 1.95. The third-order valence-electron chi connectivity index (χ3n) is 11.3. The fraction of sp³-hybridized carbons (Fsp3) is 0.654. The molecule has 0 aliphatic carbocycles. The Morgan fingerprint density at radius 2 is 1.29 bits per heavy atom. The molecule has 1 saturated heterocycles. The first kappa shape index (κ1) is 65.3. The molecule has 1 aromatic heterocycles. The van der Waals surface area contributed by atoms with Crippen molar-refractivity contribution in [2.75, 3.05) is 25.6 Å². The molecule has 8 atom stereocenters. The number of anilines is 1. The van der Waals surface area contributed by atoms with Crippen molar-refractivity contribution in [3.8, 4) is 0 Å². The normalized spacial score (nSPS) is 20.0. The fourth-order valence-corrected chi connectivity index (χ4v) is 9.35. The Bertz CT molecular complexity index is 2020. The molecule has 73 heavy (non-hydrogen) atoms. The summed E-state index contributed by atoms with van der Waals surface area (Å²) >= 11 is 0. The van der Waals surface area contributed by atoms with Crippen LogP contribution in [-0.2, 0) is 46.3 Å². The number of nitrogens with two attached hydrogens (primary N) is 1. The molecule has 3 unspecified atom stereocenters. The van der Waals surface area contributed by atoms with Gasteiger partial charge in [0.2, 0.25) is 0 Å². The van der Waals surface area contributed by atoms with E-state index in [1.54, 1.807) is 18.2 Å². The van der Waals surface area contributed by atoms with E-state index in [4.69, 9.17) is 29.0 Å². The van der Waals surface area contributed by atoms with Gasteiger partial charge in [-0.1, -0.05) is 145 Å². The summed E-state index contributed by atoms with van der Waals surface area (Å²) in [6, 6.07) is 1.24. The molecule has 414 valence electrons. The standard InChI is InChI=1S/C52H85N3O16P2/c1-3-5-7-9-11-13-14-15-16-17-18-19-20-22-24-28-33-37-48(58)69-44(40-66-47(57)36-32-29-25-27-31-35-43(56)34-30-26-23-21-12-10-8-6-4-2)41-67-72(62,63)71-73(64,65)68-42-45-49(59)50(60)51(70-45)55-39-38-46(53)54-52(55)61/h11-13,15-16,21,25-27,30-31,35,38-39,43-45,49-51,56,59-60H,3-10,14,17-20,22-24,28-29,32-34,36-37,40-42H2,1-2H3,(H,62,63)(H,64,65)(H2,53,54,61)/b13-11-,16-15-,21-12-,27-25+,30-26-,35-31-/t43?,44-,45-,49-,50-,51-/m1/s1. The molecule has 1 aromatic rings. The average Bonchev–Trinajstić information content (AvgIpc) is 3.62. The first-order chi connectivity index (χ1) is 35.1. The number of nitrogens with zero attached hydrogens (tertiary/aromatic N) is 2. The van der Waals surface area contributed by atoms with Gasteiger partial charge in [-0.3, -0.25) is 23.2 Å². The highest BCUT2D eigenvalue weighted by Gasteiger charge is 2.46. The van der Waals surface area contributed by atoms with Gasteiger partial charge in [0.15, 0.2) is 12.3 Å². The van der Waals surface area contributed by atoms with E-state index in [1.165, 1.54) is 44.6 Å². The Kier molecular flexibility index (Phi) is 35.4. The van der Waals surface area contributed by atoms with E-state index in [-0.39, 0.29) is 18.7 Å². The summed E-state index contributed by atoms with van der Waals surface area (Å²) in [4.78, 5) is 61.9. The Morgan fingerprint density at radius 1 is 0.726 bits per heavy atom. The van der Waals surface area contributed by atoms with Gasteiger partial charge in [-0.15, -0.1) is 0 Å². The number of aromatic nitrogens is 2. The molecule has 0 aromatic carbocycles. The number of phosphoric ester groups is 2. The minimum atomic E-state index is -5.46. The molecular formula is C52H85N3O16P2. The number of hydrogen-bond donors (Lipinski definition) is 6. The van der Waals surface area contributed by atoms with Crippen LogP contribution in [0.3, 0.4) is 0 Å². The molecule has 0 spiro atoms. The van der Waals surface area contributed by atoms with E-state index in [0.29, 0.717) is 25.7 Å². The van der Waals surface area contributed by atoms with Gasteiger partial charge in [-0.2, -0.15) is 9.29 Å². The van der Waals surface area contributed by atoms with Gasteiger partial charge < -0.3 is 45.1 Å². The SMILES string of the molecule is CCCCC/C=C\C/C=C\CCCCCCCCCC(=O)O[C@H](COC(=O)CCC/C=C/C=C\C(O)C/C=C\C/C=C\CCCCC)COP(=O)(O)OP(=O)(O)OC[C@H]1O[C@@H](n2ccc(N)nc2=O)[C@H](O)[C@@H]1O. The molecule has 2 heterocycles. The van der Waals surface area contributed by atoms with Crippen molar-refractivity contribution in [3.63, 3.8) is 0 Å². The number of rotatable bonds is 42. The number of carbonyl (C=O) groups is 2. The summed E-state index contributed by atoms with van der Waals surface area (Å²) in [6.07, 6.45) is 37.1. The number of nitrogen functional groups attached to an aromatic ring is 1. The molecule has 19 nitrogen and oxygen atoms in total. The summed E-state index contributed by atoms with van der Waals surface area (Å²) in [5, 5.41) is 31.1. The maximum Gasteiger partial charge on any atom is 0.481 e. The maximum absolute atomic E-state index is 12.9. The number of aliphatic hydroxyl groups excluding tert-OH is 3. The number of esters is 2. The number of carbonyl (C=O) groups excluding carboxylic acids is 2. The molecule has 7 N–H and O–H groups in total. The summed E-state index contributed by atoms with van der Waals surface area (Å²) < 4.78 is 56.7. The molecule has 1 fully saturated rings. The van der Waals surface area contributed by atoms with Gasteiger partial charge in [0, 0.05) is 19.0 Å². The Hall–Kier alpha value is -3.84. The van der Waals surface area contributed by atoms with Crippen LogP contribution in [0, 0.1) is 0 Å². The molecule has 0 bridgehead atoms. The number of phosphoric acid groups is 2. The second-order valence-electron chi connectivity index (χ2n) is 17.9. The maximum atomic E-state index is 12.9. The lowest BCUT2D eigenvalue weighted by atomic mass is 10.1. The van der Waals surface area contributed by atoms with Crippen LogP contribution in [0.2, 0.25) is 0 Å². The quantitative estimate of drug-likeness (QED) is 0.0117. The van der Waals surface area contributed by atoms with Crippen molar-refractivity contribution in [1.82, 2.24) is 9.55 Å². The summed E-state index contributed by atoms with van der Waals surface area (Å²) in [7, 11) is -10.9. The predicted octanol–water partition coefficient (Wildman–Crippen LogP) is 9.86. The van der Waals surface area contributed by atoms with Crippen molar-refractivity contribution in [3.05, 3.63) is 95.7 Å². The van der Waals surface area contributed by atoms with E-state index in [2.05, 4.69) is 59.6 Å². The number of aliphatic hydroxyl groups is 3. The minimum absolute atomic E-state index is 0.00867. The second-order valence-corrected chi connectivity index (χ2v) is 20.9. The predicted molar refractivity (Wildman–Crippen MR) is 281 cm³/mol. The average molecular weight is 1070 g/mol. The Labute approximate surface area is 432 Å². The highest BCUT2D eigenvalue weighted by molar-refractivity contribution is 7.61. The lowest BCUT2D eigenvalue weighted by molar-refractivity contribution is -0.161. The Balaban J connectivity index is 1.85. The number of unbranched alkanes of at least 4 members (excludes halogenated alkanes) is 14. The van der Waals surface area contributed by atoms with Gasteiger partial charge in [-0.25, -0.2) is 13.9 Å². The van der Waals surface area contributed by atoms with Gasteiger partial charge in [0.1, 0.15) is 30.7 Å². The first-order valence-electron chi connectivity index (χ1n) is 26.1. The van der Waals surface area contributed by atoms with Crippen molar-refractivity contribution < 1.29 is 71.4 Å². The third-order valence-corrected chi connectivity index (χ3v) is 13.9.